The summed E-state index contributed by atoms with van der Waals surface area (Å²) in [5.74, 6) is -0.334. The smallest absolute Gasteiger partial charge is 0.374 e. The van der Waals surface area contributed by atoms with Gasteiger partial charge in [0.05, 0.1) is 18.7 Å². The number of rotatable bonds is 4. The Morgan fingerprint density at radius 1 is 1.32 bits per heavy atom. The SMILES string of the molecule is COc1cc(-c2cc(C(=O)O)on2)cc(Br)c1OC. The summed E-state index contributed by atoms with van der Waals surface area (Å²) in [6.07, 6.45) is 0. The molecule has 0 radical (unpaired) electrons. The summed E-state index contributed by atoms with van der Waals surface area (Å²) < 4.78 is 15.8. The Balaban J connectivity index is 2.50. The van der Waals surface area contributed by atoms with Crippen LogP contribution in [0.4, 0.5) is 0 Å². The van der Waals surface area contributed by atoms with Crippen LogP contribution in [-0.2, 0) is 0 Å². The molecule has 100 valence electrons. The molecule has 19 heavy (non-hydrogen) atoms. The van der Waals surface area contributed by atoms with Gasteiger partial charge in [0.2, 0.25) is 5.76 Å². The second-order valence-corrected chi connectivity index (χ2v) is 4.43. The topological polar surface area (TPSA) is 81.8 Å². The molecule has 1 N–H and O–H groups in total. The molecule has 1 heterocycles. The summed E-state index contributed by atoms with van der Waals surface area (Å²) in [4.78, 5) is 10.7. The van der Waals surface area contributed by atoms with Crippen molar-refractivity contribution in [2.75, 3.05) is 14.2 Å². The maximum Gasteiger partial charge on any atom is 0.374 e. The third-order valence-corrected chi connectivity index (χ3v) is 3.04. The normalized spacial score (nSPS) is 10.3. The van der Waals surface area contributed by atoms with Crippen molar-refractivity contribution < 1.29 is 23.9 Å². The molecule has 0 aliphatic rings. The van der Waals surface area contributed by atoms with E-state index < -0.39 is 5.97 Å². The van der Waals surface area contributed by atoms with Gasteiger partial charge < -0.3 is 19.1 Å². The van der Waals surface area contributed by atoms with Gasteiger partial charge >= 0.3 is 5.97 Å². The van der Waals surface area contributed by atoms with Crippen molar-refractivity contribution >= 4 is 21.9 Å². The highest BCUT2D eigenvalue weighted by Gasteiger charge is 2.16. The summed E-state index contributed by atoms with van der Waals surface area (Å²) in [5, 5.41) is 12.5. The molecule has 0 saturated carbocycles. The fourth-order valence-electron chi connectivity index (χ4n) is 1.58. The lowest BCUT2D eigenvalue weighted by Crippen LogP contribution is -1.93. The van der Waals surface area contributed by atoms with Crippen molar-refractivity contribution in [2.24, 2.45) is 0 Å². The molecule has 0 aliphatic carbocycles. The first-order valence-electron chi connectivity index (χ1n) is 5.18. The first kappa shape index (κ1) is 13.4. The molecule has 2 aromatic rings. The van der Waals surface area contributed by atoms with Crippen LogP contribution in [0.3, 0.4) is 0 Å². The van der Waals surface area contributed by atoms with E-state index in [0.717, 1.165) is 0 Å². The maximum absolute atomic E-state index is 10.7. The van der Waals surface area contributed by atoms with Crippen LogP contribution in [0.1, 0.15) is 10.6 Å². The number of ether oxygens (including phenoxy) is 2. The summed E-state index contributed by atoms with van der Waals surface area (Å²) in [5.41, 5.74) is 1.06. The molecular formula is C12H10BrNO5. The molecule has 0 amide bonds. The lowest BCUT2D eigenvalue weighted by molar-refractivity contribution is 0.0652. The van der Waals surface area contributed by atoms with E-state index >= 15 is 0 Å². The zero-order valence-electron chi connectivity index (χ0n) is 10.1. The maximum atomic E-state index is 10.7. The van der Waals surface area contributed by atoms with Crippen LogP contribution in [-0.4, -0.2) is 30.5 Å². The monoisotopic (exact) mass is 327 g/mol. The Hall–Kier alpha value is -2.02. The largest absolute Gasteiger partial charge is 0.493 e. The van der Waals surface area contributed by atoms with Crippen molar-refractivity contribution in [1.29, 1.82) is 0 Å². The Morgan fingerprint density at radius 3 is 2.58 bits per heavy atom. The number of aromatic nitrogens is 1. The van der Waals surface area contributed by atoms with E-state index in [2.05, 4.69) is 21.1 Å². The zero-order valence-corrected chi connectivity index (χ0v) is 11.7. The summed E-state index contributed by atoms with van der Waals surface area (Å²) in [7, 11) is 3.04. The molecule has 2 rings (SSSR count). The van der Waals surface area contributed by atoms with Gasteiger partial charge in [0.1, 0.15) is 5.69 Å². The molecule has 7 heteroatoms. The fourth-order valence-corrected chi connectivity index (χ4v) is 2.18. The van der Waals surface area contributed by atoms with Crippen LogP contribution in [0, 0.1) is 0 Å². The minimum Gasteiger partial charge on any atom is -0.493 e. The molecule has 0 atom stereocenters. The van der Waals surface area contributed by atoms with Gasteiger partial charge in [-0.2, -0.15) is 0 Å². The predicted molar refractivity (Wildman–Crippen MR) is 69.7 cm³/mol. The number of halogens is 1. The van der Waals surface area contributed by atoms with Gasteiger partial charge in [-0.15, -0.1) is 0 Å². The predicted octanol–water partition coefficient (Wildman–Crippen LogP) is 2.82. The van der Waals surface area contributed by atoms with Crippen LogP contribution >= 0.6 is 15.9 Å². The quantitative estimate of drug-likeness (QED) is 0.929. The summed E-state index contributed by atoms with van der Waals surface area (Å²) >= 11 is 3.35. The standard InChI is InChI=1S/C12H10BrNO5/c1-17-9-4-6(3-7(13)11(9)18-2)8-5-10(12(15)16)19-14-8/h3-5H,1-2H3,(H,15,16). The van der Waals surface area contributed by atoms with Crippen molar-refractivity contribution in [3.8, 4) is 22.8 Å². The van der Waals surface area contributed by atoms with Crippen molar-refractivity contribution in [1.82, 2.24) is 5.16 Å². The number of benzene rings is 1. The molecule has 0 fully saturated rings. The lowest BCUT2D eigenvalue weighted by atomic mass is 10.1. The highest BCUT2D eigenvalue weighted by atomic mass is 79.9. The number of carbonyl (C=O) groups is 1. The highest BCUT2D eigenvalue weighted by molar-refractivity contribution is 9.10. The van der Waals surface area contributed by atoms with E-state index in [4.69, 9.17) is 19.1 Å². The molecular weight excluding hydrogens is 318 g/mol. The van der Waals surface area contributed by atoms with E-state index in [1.54, 1.807) is 12.1 Å². The first-order valence-corrected chi connectivity index (χ1v) is 5.98. The van der Waals surface area contributed by atoms with E-state index in [-0.39, 0.29) is 5.76 Å². The van der Waals surface area contributed by atoms with Gasteiger partial charge in [-0.05, 0) is 28.1 Å². The number of hydrogen-bond donors (Lipinski definition) is 1. The van der Waals surface area contributed by atoms with Crippen molar-refractivity contribution in [3.63, 3.8) is 0 Å². The van der Waals surface area contributed by atoms with Crippen molar-refractivity contribution in [3.05, 3.63) is 28.4 Å². The van der Waals surface area contributed by atoms with Gasteiger partial charge in [-0.3, -0.25) is 0 Å². The highest BCUT2D eigenvalue weighted by Crippen LogP contribution is 2.39. The minimum atomic E-state index is -1.17. The molecule has 1 aromatic heterocycles. The van der Waals surface area contributed by atoms with E-state index in [1.807, 2.05) is 0 Å². The molecule has 0 saturated heterocycles. The van der Waals surface area contributed by atoms with E-state index in [9.17, 15) is 4.79 Å². The average molecular weight is 328 g/mol. The Bertz CT molecular complexity index is 623. The van der Waals surface area contributed by atoms with E-state index in [0.29, 0.717) is 27.2 Å². The second-order valence-electron chi connectivity index (χ2n) is 3.58. The lowest BCUT2D eigenvalue weighted by Gasteiger charge is -2.10. The molecule has 0 spiro atoms. The number of carboxylic acid groups (broad SMARTS) is 1. The average Bonchev–Trinajstić information content (AvgIpc) is 2.87. The van der Waals surface area contributed by atoms with Gasteiger partial charge in [-0.1, -0.05) is 5.16 Å². The molecule has 0 unspecified atom stereocenters. The Labute approximate surface area is 117 Å². The molecule has 0 bridgehead atoms. The van der Waals surface area contributed by atoms with Crippen LogP contribution in [0.2, 0.25) is 0 Å². The van der Waals surface area contributed by atoms with Gasteiger partial charge in [-0.25, -0.2) is 4.79 Å². The third-order valence-electron chi connectivity index (χ3n) is 2.45. The van der Waals surface area contributed by atoms with Crippen LogP contribution < -0.4 is 9.47 Å². The number of aromatic carboxylic acids is 1. The number of methoxy groups -OCH3 is 2. The van der Waals surface area contributed by atoms with Crippen LogP contribution in [0.25, 0.3) is 11.3 Å². The number of carboxylic acids is 1. The second kappa shape index (κ2) is 5.31. The zero-order chi connectivity index (χ0) is 14.0. The van der Waals surface area contributed by atoms with Crippen molar-refractivity contribution in [2.45, 2.75) is 0 Å². The van der Waals surface area contributed by atoms with Crippen LogP contribution in [0.5, 0.6) is 11.5 Å². The van der Waals surface area contributed by atoms with E-state index in [1.165, 1.54) is 20.3 Å². The Kier molecular flexibility index (Phi) is 3.75. The number of nitrogens with zero attached hydrogens (tertiary/aromatic N) is 1. The van der Waals surface area contributed by atoms with Gasteiger partial charge in [0.15, 0.2) is 11.5 Å². The fraction of sp³-hybridized carbons (Fsp3) is 0.167. The minimum absolute atomic E-state index is 0.221. The van der Waals surface area contributed by atoms with Crippen LogP contribution in [0.15, 0.2) is 27.2 Å². The first-order chi connectivity index (χ1) is 9.06. The van der Waals surface area contributed by atoms with Gasteiger partial charge in [0, 0.05) is 11.6 Å². The third kappa shape index (κ3) is 2.55. The summed E-state index contributed by atoms with van der Waals surface area (Å²) in [6, 6.07) is 4.77. The summed E-state index contributed by atoms with van der Waals surface area (Å²) in [6.45, 7) is 0. The number of hydrogen-bond acceptors (Lipinski definition) is 5. The van der Waals surface area contributed by atoms with Gasteiger partial charge in [0.25, 0.3) is 0 Å². The molecule has 6 nitrogen and oxygen atoms in total. The molecule has 1 aromatic carbocycles. The Morgan fingerprint density at radius 2 is 2.05 bits per heavy atom. The molecule has 0 aliphatic heterocycles.